The Labute approximate surface area is 88.9 Å². The van der Waals surface area contributed by atoms with Gasteiger partial charge in [0.25, 0.3) is 0 Å². The van der Waals surface area contributed by atoms with Crippen LogP contribution in [0.25, 0.3) is 0 Å². The summed E-state index contributed by atoms with van der Waals surface area (Å²) in [6.45, 7) is 2.82. The van der Waals surface area contributed by atoms with Crippen LogP contribution >= 0.6 is 0 Å². The fourth-order valence-corrected chi connectivity index (χ4v) is 1.47. The van der Waals surface area contributed by atoms with Gasteiger partial charge in [-0.3, -0.25) is 9.79 Å². The topological polar surface area (TPSA) is 50.7 Å². The van der Waals surface area contributed by atoms with Crippen molar-refractivity contribution in [2.45, 2.75) is 25.8 Å². The maximum absolute atomic E-state index is 13.0. The number of amides is 1. The summed E-state index contributed by atoms with van der Waals surface area (Å²) in [6.07, 6.45) is 1.59. The summed E-state index contributed by atoms with van der Waals surface area (Å²) in [7, 11) is 1.34. The molecule has 0 aromatic rings. The smallest absolute Gasteiger partial charge is 0.231 e. The van der Waals surface area contributed by atoms with Gasteiger partial charge in [-0.05, 0) is 19.8 Å². The quantitative estimate of drug-likeness (QED) is 0.713. The molecule has 0 aromatic carbocycles. The summed E-state index contributed by atoms with van der Waals surface area (Å²) in [5.41, 5.74) is 0. The molecule has 86 valence electrons. The molecule has 1 N–H and O–H groups in total. The first-order valence-electron chi connectivity index (χ1n) is 5.15. The molecule has 1 aliphatic rings. The molecule has 1 saturated heterocycles. The normalized spacial score (nSPS) is 21.1. The van der Waals surface area contributed by atoms with Crippen molar-refractivity contribution in [1.82, 2.24) is 5.32 Å². The number of ether oxygens (including phenoxy) is 1. The van der Waals surface area contributed by atoms with Gasteiger partial charge in [-0.1, -0.05) is 0 Å². The first kappa shape index (κ1) is 12.1. The van der Waals surface area contributed by atoms with Crippen LogP contribution in [0.3, 0.4) is 0 Å². The van der Waals surface area contributed by atoms with Crippen molar-refractivity contribution in [1.29, 1.82) is 0 Å². The fraction of sp³-hybridized carbons (Fsp3) is 0.800. The largest absolute Gasteiger partial charge is 0.381 e. The van der Waals surface area contributed by atoms with E-state index in [9.17, 15) is 9.18 Å². The summed E-state index contributed by atoms with van der Waals surface area (Å²) < 4.78 is 18.2. The van der Waals surface area contributed by atoms with Gasteiger partial charge in [-0.25, -0.2) is 0 Å². The second kappa shape index (κ2) is 5.80. The van der Waals surface area contributed by atoms with Crippen LogP contribution in [-0.2, 0) is 9.53 Å². The predicted octanol–water partition coefficient (Wildman–Crippen LogP) is 0.916. The maximum Gasteiger partial charge on any atom is 0.231 e. The third-order valence-electron chi connectivity index (χ3n) is 2.53. The van der Waals surface area contributed by atoms with Crippen molar-refractivity contribution in [3.63, 3.8) is 0 Å². The number of nitrogens with one attached hydrogen (secondary N) is 1. The molecule has 0 radical (unpaired) electrons. The highest BCUT2D eigenvalue weighted by atomic mass is 19.1. The lowest BCUT2D eigenvalue weighted by Crippen LogP contribution is -2.42. The van der Waals surface area contributed by atoms with E-state index >= 15 is 0 Å². The highest BCUT2D eigenvalue weighted by molar-refractivity contribution is 5.99. The number of hydrogen-bond donors (Lipinski definition) is 1. The van der Waals surface area contributed by atoms with E-state index in [4.69, 9.17) is 4.74 Å². The van der Waals surface area contributed by atoms with Gasteiger partial charge < -0.3 is 10.1 Å². The van der Waals surface area contributed by atoms with Gasteiger partial charge >= 0.3 is 0 Å². The number of aliphatic imine (C=N–C) groups is 1. The van der Waals surface area contributed by atoms with E-state index in [1.165, 1.54) is 14.0 Å². The van der Waals surface area contributed by atoms with Gasteiger partial charge in [-0.2, -0.15) is 4.39 Å². The van der Waals surface area contributed by atoms with Crippen LogP contribution in [-0.4, -0.2) is 38.2 Å². The van der Waals surface area contributed by atoms with Crippen molar-refractivity contribution in [3.05, 3.63) is 0 Å². The minimum atomic E-state index is -0.794. The lowest BCUT2D eigenvalue weighted by Gasteiger charge is -2.24. The second-order valence-electron chi connectivity index (χ2n) is 3.66. The van der Waals surface area contributed by atoms with Gasteiger partial charge in [0.05, 0.1) is 0 Å². The highest BCUT2D eigenvalue weighted by Gasteiger charge is 2.22. The zero-order valence-electron chi connectivity index (χ0n) is 9.12. The molecule has 1 unspecified atom stereocenters. The standard InChI is InChI=1S/C10H17FN2O2/c1-7(9(11)12-2)10(14)13-8-3-5-15-6-4-8/h7-8H,3-6H2,1-2H3,(H,13,14). The Morgan fingerprint density at radius 3 is 2.67 bits per heavy atom. The Morgan fingerprint density at radius 1 is 1.53 bits per heavy atom. The molecule has 1 atom stereocenters. The van der Waals surface area contributed by atoms with E-state index in [2.05, 4.69) is 10.3 Å². The van der Waals surface area contributed by atoms with Crippen molar-refractivity contribution >= 4 is 11.9 Å². The van der Waals surface area contributed by atoms with Crippen molar-refractivity contribution in [3.8, 4) is 0 Å². The Kier molecular flexibility index (Phi) is 4.68. The maximum atomic E-state index is 13.0. The minimum Gasteiger partial charge on any atom is -0.381 e. The van der Waals surface area contributed by atoms with E-state index in [-0.39, 0.29) is 11.9 Å². The van der Waals surface area contributed by atoms with E-state index in [0.717, 1.165) is 12.8 Å². The third kappa shape index (κ3) is 3.58. The summed E-state index contributed by atoms with van der Waals surface area (Å²) >= 11 is 0. The lowest BCUT2D eigenvalue weighted by atomic mass is 10.1. The number of carbonyl (C=O) groups excluding carboxylic acids is 1. The van der Waals surface area contributed by atoms with Crippen molar-refractivity contribution < 1.29 is 13.9 Å². The summed E-state index contributed by atoms with van der Waals surface area (Å²) in [5.74, 6) is -1.72. The third-order valence-corrected chi connectivity index (χ3v) is 2.53. The molecular formula is C10H17FN2O2. The monoisotopic (exact) mass is 216 g/mol. The Hall–Kier alpha value is -0.970. The average molecular weight is 216 g/mol. The van der Waals surface area contributed by atoms with Crippen LogP contribution in [0.15, 0.2) is 4.99 Å². The summed E-state index contributed by atoms with van der Waals surface area (Å²) in [5, 5.41) is 2.79. The average Bonchev–Trinajstić information content (AvgIpc) is 2.28. The molecule has 1 aliphatic heterocycles. The molecule has 0 aromatic heterocycles. The van der Waals surface area contributed by atoms with E-state index in [1.807, 2.05) is 0 Å². The molecule has 0 bridgehead atoms. The molecule has 0 aliphatic carbocycles. The number of rotatable bonds is 3. The molecule has 0 spiro atoms. The van der Waals surface area contributed by atoms with Crippen LogP contribution < -0.4 is 5.32 Å². The summed E-state index contributed by atoms with van der Waals surface area (Å²) in [4.78, 5) is 14.9. The molecule has 5 heteroatoms. The Balaban J connectivity index is 2.40. The van der Waals surface area contributed by atoms with Gasteiger partial charge in [0.1, 0.15) is 5.92 Å². The zero-order chi connectivity index (χ0) is 11.3. The van der Waals surface area contributed by atoms with Crippen LogP contribution in [0.4, 0.5) is 4.39 Å². The second-order valence-corrected chi connectivity index (χ2v) is 3.66. The molecule has 4 nitrogen and oxygen atoms in total. The first-order chi connectivity index (χ1) is 7.15. The molecule has 1 amide bonds. The number of carbonyl (C=O) groups is 1. The van der Waals surface area contributed by atoms with E-state index in [1.54, 1.807) is 0 Å². The van der Waals surface area contributed by atoms with E-state index in [0.29, 0.717) is 13.2 Å². The number of nitrogens with zero attached hydrogens (tertiary/aromatic N) is 1. The van der Waals surface area contributed by atoms with E-state index < -0.39 is 11.9 Å². The SMILES string of the molecule is CN=C(F)C(C)C(=O)NC1CCOCC1. The van der Waals surface area contributed by atoms with Crippen molar-refractivity contribution in [2.24, 2.45) is 10.9 Å². The highest BCUT2D eigenvalue weighted by Crippen LogP contribution is 2.08. The van der Waals surface area contributed by atoms with Gasteiger partial charge in [0.15, 0.2) is 5.97 Å². The fourth-order valence-electron chi connectivity index (χ4n) is 1.47. The first-order valence-corrected chi connectivity index (χ1v) is 5.15. The zero-order valence-corrected chi connectivity index (χ0v) is 9.12. The Morgan fingerprint density at radius 2 is 2.13 bits per heavy atom. The minimum absolute atomic E-state index is 0.110. The van der Waals surface area contributed by atoms with Crippen molar-refractivity contribution in [2.75, 3.05) is 20.3 Å². The van der Waals surface area contributed by atoms with Crippen LogP contribution in [0.2, 0.25) is 0 Å². The summed E-state index contributed by atoms with van der Waals surface area (Å²) in [6, 6.07) is 0.110. The van der Waals surface area contributed by atoms with Crippen LogP contribution in [0.1, 0.15) is 19.8 Å². The lowest BCUT2D eigenvalue weighted by molar-refractivity contribution is -0.124. The number of halogens is 1. The molecule has 1 heterocycles. The van der Waals surface area contributed by atoms with Crippen LogP contribution in [0, 0.1) is 5.92 Å². The number of hydrogen-bond acceptors (Lipinski definition) is 3. The molecule has 15 heavy (non-hydrogen) atoms. The van der Waals surface area contributed by atoms with Gasteiger partial charge in [0, 0.05) is 26.3 Å². The van der Waals surface area contributed by atoms with Crippen LogP contribution in [0.5, 0.6) is 0 Å². The molecular weight excluding hydrogens is 199 g/mol. The Bertz CT molecular complexity index is 250. The van der Waals surface area contributed by atoms with Gasteiger partial charge in [-0.15, -0.1) is 0 Å². The molecule has 0 saturated carbocycles. The van der Waals surface area contributed by atoms with Gasteiger partial charge in [0.2, 0.25) is 5.91 Å². The molecule has 1 fully saturated rings. The molecule has 1 rings (SSSR count). The predicted molar refractivity (Wildman–Crippen MR) is 55.6 cm³/mol.